The average molecular weight is 282 g/mol. The number of nitrogens with one attached hydrogen (secondary N) is 1. The number of benzene rings is 1. The molecule has 0 amide bonds. The second-order valence-corrected chi connectivity index (χ2v) is 5.94. The van der Waals surface area contributed by atoms with E-state index in [1.54, 1.807) is 14.2 Å². The Hall–Kier alpha value is -1.23. The van der Waals surface area contributed by atoms with Crippen molar-refractivity contribution in [3.63, 3.8) is 0 Å². The maximum absolute atomic E-state index is 6.06. The number of anilines is 2. The predicted octanol–water partition coefficient (Wildman–Crippen LogP) is 2.98. The molecule has 2 atom stereocenters. The first-order valence-corrected chi connectivity index (χ1v) is 7.77. The third-order valence-corrected chi connectivity index (χ3v) is 4.73. The summed E-state index contributed by atoms with van der Waals surface area (Å²) in [5.74, 6) is 1.37. The van der Waals surface area contributed by atoms with E-state index in [4.69, 9.17) is 15.2 Å². The molecule has 0 heterocycles. The molecule has 0 radical (unpaired) electrons. The zero-order valence-electron chi connectivity index (χ0n) is 11.7. The minimum absolute atomic E-state index is 0.498. The van der Waals surface area contributed by atoms with Crippen LogP contribution in [0, 0.1) is 0 Å². The first kappa shape index (κ1) is 14.2. The number of hydrogen-bond donors (Lipinski definition) is 2. The molecule has 0 bridgehead atoms. The van der Waals surface area contributed by atoms with Gasteiger partial charge in [0.2, 0.25) is 0 Å². The van der Waals surface area contributed by atoms with Crippen molar-refractivity contribution in [2.45, 2.75) is 30.6 Å². The Balaban J connectivity index is 2.12. The molecule has 19 heavy (non-hydrogen) atoms. The molecule has 1 aliphatic carbocycles. The van der Waals surface area contributed by atoms with Crippen LogP contribution >= 0.6 is 11.8 Å². The number of ether oxygens (including phenoxy) is 2. The van der Waals surface area contributed by atoms with Gasteiger partial charge in [-0.2, -0.15) is 11.8 Å². The van der Waals surface area contributed by atoms with Crippen LogP contribution in [-0.4, -0.2) is 31.8 Å². The highest BCUT2D eigenvalue weighted by Crippen LogP contribution is 2.37. The fraction of sp³-hybridized carbons (Fsp3) is 0.571. The molecule has 0 saturated heterocycles. The Kier molecular flexibility index (Phi) is 4.69. The van der Waals surface area contributed by atoms with Gasteiger partial charge in [0.25, 0.3) is 0 Å². The standard InChI is InChI=1S/C14H22N2O2S/c1-17-13-7-11(15)12(8-14(13)18-2)16-9-4-5-10(6-9)19-3/h7-10,16H,4-6,15H2,1-3H3. The molecule has 2 rings (SSSR count). The maximum atomic E-state index is 6.06. The summed E-state index contributed by atoms with van der Waals surface area (Å²) < 4.78 is 10.6. The number of rotatable bonds is 5. The fourth-order valence-corrected chi connectivity index (χ4v) is 3.32. The number of nitrogen functional groups attached to an aromatic ring is 1. The molecule has 4 nitrogen and oxygen atoms in total. The zero-order valence-corrected chi connectivity index (χ0v) is 12.5. The van der Waals surface area contributed by atoms with Crippen LogP contribution in [0.25, 0.3) is 0 Å². The van der Waals surface area contributed by atoms with Crippen LogP contribution in [-0.2, 0) is 0 Å². The summed E-state index contributed by atoms with van der Waals surface area (Å²) in [5.41, 5.74) is 7.70. The van der Waals surface area contributed by atoms with Crippen molar-refractivity contribution in [3.05, 3.63) is 12.1 Å². The molecule has 2 unspecified atom stereocenters. The van der Waals surface area contributed by atoms with Gasteiger partial charge in [0.05, 0.1) is 25.6 Å². The molecular formula is C14H22N2O2S. The first-order chi connectivity index (χ1) is 9.17. The largest absolute Gasteiger partial charge is 0.493 e. The molecule has 0 aliphatic heterocycles. The summed E-state index contributed by atoms with van der Waals surface area (Å²) in [5, 5.41) is 4.29. The Bertz CT molecular complexity index is 440. The van der Waals surface area contributed by atoms with Gasteiger partial charge in [0, 0.05) is 23.4 Å². The molecule has 5 heteroatoms. The maximum Gasteiger partial charge on any atom is 0.162 e. The van der Waals surface area contributed by atoms with E-state index in [0.717, 1.165) is 10.9 Å². The molecular weight excluding hydrogens is 260 g/mol. The quantitative estimate of drug-likeness (QED) is 0.813. The van der Waals surface area contributed by atoms with Gasteiger partial charge in [-0.15, -0.1) is 0 Å². The van der Waals surface area contributed by atoms with E-state index >= 15 is 0 Å². The van der Waals surface area contributed by atoms with Gasteiger partial charge in [-0.1, -0.05) is 0 Å². The van der Waals surface area contributed by atoms with Gasteiger partial charge in [-0.3, -0.25) is 0 Å². The summed E-state index contributed by atoms with van der Waals surface area (Å²) >= 11 is 1.95. The highest BCUT2D eigenvalue weighted by atomic mass is 32.2. The third kappa shape index (κ3) is 3.21. The Morgan fingerprint density at radius 1 is 1.21 bits per heavy atom. The summed E-state index contributed by atoms with van der Waals surface area (Å²) in [6.07, 6.45) is 5.83. The van der Waals surface area contributed by atoms with E-state index in [1.165, 1.54) is 19.3 Å². The number of thioether (sulfide) groups is 1. The highest BCUT2D eigenvalue weighted by molar-refractivity contribution is 7.99. The fourth-order valence-electron chi connectivity index (χ4n) is 2.52. The number of methoxy groups -OCH3 is 2. The average Bonchev–Trinajstić information content (AvgIpc) is 2.88. The second-order valence-electron chi connectivity index (χ2n) is 4.81. The van der Waals surface area contributed by atoms with E-state index in [-0.39, 0.29) is 0 Å². The summed E-state index contributed by atoms with van der Waals surface area (Å²) in [7, 11) is 3.25. The van der Waals surface area contributed by atoms with E-state index in [0.29, 0.717) is 23.2 Å². The predicted molar refractivity (Wildman–Crippen MR) is 82.5 cm³/mol. The smallest absolute Gasteiger partial charge is 0.162 e. The zero-order chi connectivity index (χ0) is 13.8. The summed E-state index contributed by atoms with van der Waals surface area (Å²) in [6.45, 7) is 0. The van der Waals surface area contributed by atoms with Crippen LogP contribution in [0.3, 0.4) is 0 Å². The van der Waals surface area contributed by atoms with Gasteiger partial charge < -0.3 is 20.5 Å². The van der Waals surface area contributed by atoms with Crippen molar-refractivity contribution in [2.75, 3.05) is 31.5 Å². The molecule has 106 valence electrons. The van der Waals surface area contributed by atoms with E-state index in [1.807, 2.05) is 23.9 Å². The topological polar surface area (TPSA) is 56.5 Å². The number of nitrogens with two attached hydrogens (primary N) is 1. The SMILES string of the molecule is COc1cc(N)c(NC2CCC(SC)C2)cc1OC. The molecule has 1 fully saturated rings. The second kappa shape index (κ2) is 6.28. The van der Waals surface area contributed by atoms with E-state index in [2.05, 4.69) is 11.6 Å². The van der Waals surface area contributed by atoms with Crippen molar-refractivity contribution in [1.82, 2.24) is 0 Å². The van der Waals surface area contributed by atoms with E-state index in [9.17, 15) is 0 Å². The van der Waals surface area contributed by atoms with Crippen molar-refractivity contribution in [1.29, 1.82) is 0 Å². The molecule has 1 aliphatic rings. The Morgan fingerprint density at radius 2 is 1.89 bits per heavy atom. The van der Waals surface area contributed by atoms with Crippen LogP contribution in [0.2, 0.25) is 0 Å². The van der Waals surface area contributed by atoms with E-state index < -0.39 is 0 Å². The van der Waals surface area contributed by atoms with Crippen LogP contribution in [0.5, 0.6) is 11.5 Å². The summed E-state index contributed by atoms with van der Waals surface area (Å²) in [4.78, 5) is 0. The van der Waals surface area contributed by atoms with Crippen molar-refractivity contribution >= 4 is 23.1 Å². The van der Waals surface area contributed by atoms with Crippen LogP contribution < -0.4 is 20.5 Å². The molecule has 3 N–H and O–H groups in total. The van der Waals surface area contributed by atoms with Crippen molar-refractivity contribution in [2.24, 2.45) is 0 Å². The van der Waals surface area contributed by atoms with Gasteiger partial charge in [0.1, 0.15) is 0 Å². The van der Waals surface area contributed by atoms with Crippen LogP contribution in [0.15, 0.2) is 12.1 Å². The normalized spacial score (nSPS) is 22.3. The van der Waals surface area contributed by atoms with Gasteiger partial charge >= 0.3 is 0 Å². The van der Waals surface area contributed by atoms with Crippen molar-refractivity contribution in [3.8, 4) is 11.5 Å². The summed E-state index contributed by atoms with van der Waals surface area (Å²) in [6, 6.07) is 4.22. The van der Waals surface area contributed by atoms with Crippen molar-refractivity contribution < 1.29 is 9.47 Å². The lowest BCUT2D eigenvalue weighted by atomic mass is 10.2. The Labute approximate surface area is 119 Å². The van der Waals surface area contributed by atoms with Crippen LogP contribution in [0.1, 0.15) is 19.3 Å². The first-order valence-electron chi connectivity index (χ1n) is 6.48. The lowest BCUT2D eigenvalue weighted by Gasteiger charge is -2.18. The van der Waals surface area contributed by atoms with Gasteiger partial charge in [-0.25, -0.2) is 0 Å². The minimum atomic E-state index is 0.498. The van der Waals surface area contributed by atoms with Gasteiger partial charge in [0.15, 0.2) is 11.5 Å². The third-order valence-electron chi connectivity index (χ3n) is 3.63. The highest BCUT2D eigenvalue weighted by Gasteiger charge is 2.24. The molecule has 1 aromatic carbocycles. The number of hydrogen-bond acceptors (Lipinski definition) is 5. The minimum Gasteiger partial charge on any atom is -0.493 e. The lowest BCUT2D eigenvalue weighted by Crippen LogP contribution is -2.17. The molecule has 0 aromatic heterocycles. The Morgan fingerprint density at radius 3 is 2.47 bits per heavy atom. The molecule has 1 aromatic rings. The monoisotopic (exact) mass is 282 g/mol. The van der Waals surface area contributed by atoms with Crippen LogP contribution in [0.4, 0.5) is 11.4 Å². The lowest BCUT2D eigenvalue weighted by molar-refractivity contribution is 0.355. The molecule has 1 saturated carbocycles. The van der Waals surface area contributed by atoms with Gasteiger partial charge in [-0.05, 0) is 25.5 Å². The molecule has 0 spiro atoms.